The van der Waals surface area contributed by atoms with E-state index in [1.807, 2.05) is 24.5 Å². The molecule has 0 spiro atoms. The van der Waals surface area contributed by atoms with Crippen LogP contribution in [0, 0.1) is 0 Å². The van der Waals surface area contributed by atoms with Crippen LogP contribution in [-0.4, -0.2) is 25.6 Å². The van der Waals surface area contributed by atoms with Crippen molar-refractivity contribution in [2.45, 2.75) is 38.6 Å². The molecule has 0 bridgehead atoms. The number of rotatable bonds is 5. The van der Waals surface area contributed by atoms with Crippen molar-refractivity contribution in [2.24, 2.45) is 0 Å². The number of pyridine rings is 1. The third-order valence-corrected chi connectivity index (χ3v) is 5.60. The highest BCUT2D eigenvalue weighted by Crippen LogP contribution is 2.35. The third-order valence-electron chi connectivity index (χ3n) is 5.60. The first-order chi connectivity index (χ1) is 13.8. The van der Waals surface area contributed by atoms with Gasteiger partial charge in [-0.15, -0.1) is 0 Å². The molecule has 1 N–H and O–H groups in total. The Labute approximate surface area is 164 Å². The summed E-state index contributed by atoms with van der Waals surface area (Å²) in [6.45, 7) is 2.17. The molecule has 28 heavy (non-hydrogen) atoms. The van der Waals surface area contributed by atoms with Crippen molar-refractivity contribution in [1.29, 1.82) is 0 Å². The summed E-state index contributed by atoms with van der Waals surface area (Å²) in [5, 5.41) is 4.70. The maximum Gasteiger partial charge on any atom is 0.148 e. The van der Waals surface area contributed by atoms with Gasteiger partial charge in [0.05, 0.1) is 11.4 Å². The second kappa shape index (κ2) is 7.08. The Morgan fingerprint density at radius 1 is 1.07 bits per heavy atom. The van der Waals surface area contributed by atoms with Crippen molar-refractivity contribution >= 4 is 16.7 Å². The first-order valence-corrected chi connectivity index (χ1v) is 9.97. The van der Waals surface area contributed by atoms with Crippen LogP contribution in [-0.2, 0) is 6.42 Å². The second-order valence-corrected chi connectivity index (χ2v) is 7.31. The quantitative estimate of drug-likeness (QED) is 0.537. The number of aromatic nitrogens is 4. The van der Waals surface area contributed by atoms with Crippen LogP contribution in [0.4, 0.5) is 5.69 Å². The minimum absolute atomic E-state index is 0.627. The molecule has 3 aromatic heterocycles. The maximum atomic E-state index is 4.63. The lowest BCUT2D eigenvalue weighted by Gasteiger charge is -2.27. The lowest BCUT2D eigenvalue weighted by atomic mass is 9.93. The fraction of sp³-hybridized carbons (Fsp3) is 0.261. The molecule has 5 nitrogen and oxygen atoms in total. The zero-order valence-corrected chi connectivity index (χ0v) is 16.0. The lowest BCUT2D eigenvalue weighted by molar-refractivity contribution is 0.445. The Hall–Kier alpha value is -3.21. The van der Waals surface area contributed by atoms with E-state index in [1.165, 1.54) is 30.5 Å². The van der Waals surface area contributed by atoms with Gasteiger partial charge < -0.3 is 5.32 Å². The number of nitrogens with zero attached hydrogens (tertiary/aromatic N) is 4. The number of aryl methyl sites for hydroxylation is 1. The molecule has 1 aliphatic carbocycles. The predicted molar refractivity (Wildman–Crippen MR) is 113 cm³/mol. The van der Waals surface area contributed by atoms with E-state index in [4.69, 9.17) is 0 Å². The normalized spacial score (nSPS) is 14.2. The highest BCUT2D eigenvalue weighted by Gasteiger charge is 2.21. The van der Waals surface area contributed by atoms with Crippen LogP contribution in [0.15, 0.2) is 61.2 Å². The molecule has 0 atom stereocenters. The first kappa shape index (κ1) is 16.9. The summed E-state index contributed by atoms with van der Waals surface area (Å²) in [6.07, 6.45) is 10.1. The number of hydrogen-bond acceptors (Lipinski definition) is 4. The summed E-state index contributed by atoms with van der Waals surface area (Å²) in [5.41, 5.74) is 6.46. The third kappa shape index (κ3) is 2.83. The van der Waals surface area contributed by atoms with Gasteiger partial charge in [0, 0.05) is 35.2 Å². The van der Waals surface area contributed by atoms with Crippen molar-refractivity contribution in [3.63, 3.8) is 0 Å². The van der Waals surface area contributed by atoms with E-state index in [0.717, 1.165) is 34.5 Å². The molecule has 1 aliphatic rings. The van der Waals surface area contributed by atoms with Crippen LogP contribution in [0.25, 0.3) is 28.1 Å². The van der Waals surface area contributed by atoms with Gasteiger partial charge in [-0.2, -0.15) is 0 Å². The van der Waals surface area contributed by atoms with Gasteiger partial charge in [-0.3, -0.25) is 9.55 Å². The summed E-state index contributed by atoms with van der Waals surface area (Å²) in [6, 6.07) is 15.3. The highest BCUT2D eigenvalue weighted by atomic mass is 15.1. The number of fused-ring (bicyclic) bond motifs is 1. The largest absolute Gasteiger partial charge is 0.382 e. The standard InChI is InChI=1S/C23H23N5/c1-2-19-20-14-24-15-26-23(20)28(22(19)21-8-3-4-13-25-21)18-11-9-17(10-12-18)27-16-6-5-7-16/h3-4,8-16,27H,2,5-7H2,1H3. The Morgan fingerprint density at radius 3 is 2.61 bits per heavy atom. The first-order valence-electron chi connectivity index (χ1n) is 9.97. The molecule has 1 aromatic carbocycles. The zero-order chi connectivity index (χ0) is 18.9. The fourth-order valence-electron chi connectivity index (χ4n) is 3.96. The smallest absolute Gasteiger partial charge is 0.148 e. The fourth-order valence-corrected chi connectivity index (χ4v) is 3.96. The lowest BCUT2D eigenvalue weighted by Crippen LogP contribution is -2.26. The van der Waals surface area contributed by atoms with Crippen LogP contribution in [0.5, 0.6) is 0 Å². The molecule has 5 rings (SSSR count). The molecule has 0 amide bonds. The van der Waals surface area contributed by atoms with E-state index >= 15 is 0 Å². The highest BCUT2D eigenvalue weighted by molar-refractivity contribution is 5.90. The molecule has 0 unspecified atom stereocenters. The molecular weight excluding hydrogens is 346 g/mol. The number of anilines is 1. The molecule has 5 heteroatoms. The predicted octanol–water partition coefficient (Wildman–Crippen LogP) is 5.01. The monoisotopic (exact) mass is 369 g/mol. The SMILES string of the molecule is CCc1c(-c2ccccn2)n(-c2ccc(NC3CCC3)cc2)c2ncncc12. The van der Waals surface area contributed by atoms with Gasteiger partial charge in [-0.1, -0.05) is 13.0 Å². The topological polar surface area (TPSA) is 55.6 Å². The van der Waals surface area contributed by atoms with E-state index in [-0.39, 0.29) is 0 Å². The van der Waals surface area contributed by atoms with Gasteiger partial charge in [0.1, 0.15) is 12.0 Å². The average Bonchev–Trinajstić information content (AvgIpc) is 3.06. The molecule has 1 fully saturated rings. The summed E-state index contributed by atoms with van der Waals surface area (Å²) in [4.78, 5) is 13.5. The van der Waals surface area contributed by atoms with Crippen LogP contribution >= 0.6 is 0 Å². The maximum absolute atomic E-state index is 4.63. The molecule has 0 radical (unpaired) electrons. The van der Waals surface area contributed by atoms with Gasteiger partial charge in [-0.05, 0) is 67.6 Å². The molecule has 4 aromatic rings. The van der Waals surface area contributed by atoms with Gasteiger partial charge in [0.2, 0.25) is 0 Å². The van der Waals surface area contributed by atoms with Crippen LogP contribution in [0.3, 0.4) is 0 Å². The molecule has 0 saturated heterocycles. The minimum Gasteiger partial charge on any atom is -0.382 e. The number of benzene rings is 1. The van der Waals surface area contributed by atoms with Crippen molar-refractivity contribution < 1.29 is 0 Å². The van der Waals surface area contributed by atoms with Crippen molar-refractivity contribution in [2.75, 3.05) is 5.32 Å². The molecular formula is C23H23N5. The van der Waals surface area contributed by atoms with E-state index in [2.05, 4.69) is 62.1 Å². The van der Waals surface area contributed by atoms with E-state index in [0.29, 0.717) is 6.04 Å². The van der Waals surface area contributed by atoms with Gasteiger partial charge >= 0.3 is 0 Å². The average molecular weight is 369 g/mol. The molecule has 1 saturated carbocycles. The van der Waals surface area contributed by atoms with Crippen LogP contribution < -0.4 is 5.32 Å². The van der Waals surface area contributed by atoms with Crippen molar-refractivity contribution in [1.82, 2.24) is 19.5 Å². The van der Waals surface area contributed by atoms with Crippen molar-refractivity contribution in [3.8, 4) is 17.1 Å². The van der Waals surface area contributed by atoms with E-state index in [1.54, 1.807) is 6.33 Å². The number of nitrogens with one attached hydrogen (secondary N) is 1. The summed E-state index contributed by atoms with van der Waals surface area (Å²) < 4.78 is 2.21. The summed E-state index contributed by atoms with van der Waals surface area (Å²) >= 11 is 0. The Balaban J connectivity index is 1.67. The molecule has 140 valence electrons. The number of hydrogen-bond donors (Lipinski definition) is 1. The van der Waals surface area contributed by atoms with E-state index in [9.17, 15) is 0 Å². The van der Waals surface area contributed by atoms with Crippen LogP contribution in [0.2, 0.25) is 0 Å². The Kier molecular flexibility index (Phi) is 4.28. The van der Waals surface area contributed by atoms with Crippen LogP contribution in [0.1, 0.15) is 31.7 Å². The van der Waals surface area contributed by atoms with Crippen molar-refractivity contribution in [3.05, 3.63) is 66.7 Å². The molecule has 0 aliphatic heterocycles. The minimum atomic E-state index is 0.627. The second-order valence-electron chi connectivity index (χ2n) is 7.31. The Morgan fingerprint density at radius 2 is 1.93 bits per heavy atom. The molecule has 3 heterocycles. The van der Waals surface area contributed by atoms with E-state index < -0.39 is 0 Å². The zero-order valence-electron chi connectivity index (χ0n) is 16.0. The van der Waals surface area contributed by atoms with Gasteiger partial charge in [-0.25, -0.2) is 9.97 Å². The van der Waals surface area contributed by atoms with Gasteiger partial charge in [0.15, 0.2) is 0 Å². The summed E-state index contributed by atoms with van der Waals surface area (Å²) in [5.74, 6) is 0. The summed E-state index contributed by atoms with van der Waals surface area (Å²) in [7, 11) is 0. The van der Waals surface area contributed by atoms with Gasteiger partial charge in [0.25, 0.3) is 0 Å². The Bertz CT molecular complexity index is 1100.